The largest absolute Gasteiger partial charge is 0.397 e. The van der Waals surface area contributed by atoms with Crippen LogP contribution in [0, 0.1) is 0 Å². The fourth-order valence-electron chi connectivity index (χ4n) is 1.94. The maximum Gasteiger partial charge on any atom is 0.259 e. The minimum absolute atomic E-state index is 0.382. The Labute approximate surface area is 115 Å². The van der Waals surface area contributed by atoms with Crippen LogP contribution in [0.25, 0.3) is 23.0 Å². The van der Waals surface area contributed by atoms with E-state index in [1.165, 1.54) is 0 Å². The van der Waals surface area contributed by atoms with Crippen LogP contribution in [-0.4, -0.2) is 20.1 Å². The Morgan fingerprint density at radius 2 is 2.20 bits per heavy atom. The van der Waals surface area contributed by atoms with E-state index in [0.717, 1.165) is 17.7 Å². The van der Waals surface area contributed by atoms with Crippen LogP contribution in [0.1, 0.15) is 12.5 Å². The second-order valence-corrected chi connectivity index (χ2v) is 4.29. The van der Waals surface area contributed by atoms with Crippen molar-refractivity contribution in [3.05, 3.63) is 42.4 Å². The van der Waals surface area contributed by atoms with E-state index < -0.39 is 0 Å². The zero-order valence-corrected chi connectivity index (χ0v) is 10.9. The molecule has 0 aliphatic heterocycles. The van der Waals surface area contributed by atoms with Gasteiger partial charge in [0.2, 0.25) is 5.82 Å². The van der Waals surface area contributed by atoms with Crippen molar-refractivity contribution in [2.75, 3.05) is 5.73 Å². The normalized spacial score (nSPS) is 10.7. The standard InChI is InChI=1S/C14H13N5O/c1-2-9-4-3-5-17-12(9)13-18-14(20-19-13)10-6-11(15)8-16-7-10/h3-8H,2,15H2,1H3. The lowest BCUT2D eigenvalue weighted by atomic mass is 10.1. The van der Waals surface area contributed by atoms with Gasteiger partial charge < -0.3 is 10.3 Å². The van der Waals surface area contributed by atoms with Crippen LogP contribution in [0.5, 0.6) is 0 Å². The molecule has 0 aromatic carbocycles. The van der Waals surface area contributed by atoms with Gasteiger partial charge in [0.15, 0.2) is 0 Å². The first-order valence-electron chi connectivity index (χ1n) is 6.27. The van der Waals surface area contributed by atoms with Crippen molar-refractivity contribution in [2.45, 2.75) is 13.3 Å². The number of hydrogen-bond acceptors (Lipinski definition) is 6. The van der Waals surface area contributed by atoms with E-state index >= 15 is 0 Å². The maximum absolute atomic E-state index is 5.69. The first-order valence-corrected chi connectivity index (χ1v) is 6.27. The highest BCUT2D eigenvalue weighted by Gasteiger charge is 2.14. The smallest absolute Gasteiger partial charge is 0.259 e. The van der Waals surface area contributed by atoms with Crippen molar-refractivity contribution in [2.24, 2.45) is 0 Å². The summed E-state index contributed by atoms with van der Waals surface area (Å²) < 4.78 is 5.26. The third-order valence-electron chi connectivity index (χ3n) is 2.92. The first kappa shape index (κ1) is 12.3. The van der Waals surface area contributed by atoms with Crippen molar-refractivity contribution >= 4 is 5.69 Å². The Hall–Kier alpha value is -2.76. The molecule has 0 aliphatic rings. The van der Waals surface area contributed by atoms with Crippen LogP contribution in [-0.2, 0) is 6.42 Å². The van der Waals surface area contributed by atoms with Crippen LogP contribution in [0.2, 0.25) is 0 Å². The topological polar surface area (TPSA) is 90.7 Å². The summed E-state index contributed by atoms with van der Waals surface area (Å²) in [6.45, 7) is 2.06. The molecule has 0 aliphatic carbocycles. The number of nitrogen functional groups attached to an aromatic ring is 1. The Bertz CT molecular complexity index is 738. The number of nitrogens with zero attached hydrogens (tertiary/aromatic N) is 4. The molecule has 3 aromatic heterocycles. The van der Waals surface area contributed by atoms with Crippen LogP contribution < -0.4 is 5.73 Å². The molecule has 0 bridgehead atoms. The monoisotopic (exact) mass is 267 g/mol. The predicted octanol–water partition coefficient (Wildman–Crippen LogP) is 2.34. The third-order valence-corrected chi connectivity index (χ3v) is 2.92. The quantitative estimate of drug-likeness (QED) is 0.783. The molecule has 3 heterocycles. The van der Waals surface area contributed by atoms with Crippen LogP contribution in [0.15, 0.2) is 41.3 Å². The van der Waals surface area contributed by atoms with Gasteiger partial charge in [-0.2, -0.15) is 4.98 Å². The molecule has 0 amide bonds. The van der Waals surface area contributed by atoms with Gasteiger partial charge in [-0.05, 0) is 24.1 Å². The minimum atomic E-state index is 0.382. The van der Waals surface area contributed by atoms with Gasteiger partial charge in [-0.1, -0.05) is 18.1 Å². The van der Waals surface area contributed by atoms with Crippen molar-refractivity contribution in [1.82, 2.24) is 20.1 Å². The van der Waals surface area contributed by atoms with E-state index in [-0.39, 0.29) is 0 Å². The maximum atomic E-state index is 5.69. The zero-order valence-electron chi connectivity index (χ0n) is 10.9. The fraction of sp³-hybridized carbons (Fsp3) is 0.143. The average Bonchev–Trinajstić information content (AvgIpc) is 2.97. The summed E-state index contributed by atoms with van der Waals surface area (Å²) in [5.41, 5.74) is 8.75. The summed E-state index contributed by atoms with van der Waals surface area (Å²) in [6, 6.07) is 5.63. The van der Waals surface area contributed by atoms with E-state index in [2.05, 4.69) is 27.0 Å². The zero-order chi connectivity index (χ0) is 13.9. The number of hydrogen-bond donors (Lipinski definition) is 1. The Morgan fingerprint density at radius 1 is 1.30 bits per heavy atom. The lowest BCUT2D eigenvalue weighted by Crippen LogP contribution is -1.92. The summed E-state index contributed by atoms with van der Waals surface area (Å²) in [6.07, 6.45) is 5.76. The second kappa shape index (κ2) is 5.08. The Morgan fingerprint density at radius 3 is 3.00 bits per heavy atom. The molecule has 2 N–H and O–H groups in total. The molecule has 6 nitrogen and oxygen atoms in total. The highest BCUT2D eigenvalue weighted by molar-refractivity contribution is 5.61. The SMILES string of the molecule is CCc1cccnc1-c1noc(-c2cncc(N)c2)n1. The Balaban J connectivity index is 2.02. The highest BCUT2D eigenvalue weighted by atomic mass is 16.5. The van der Waals surface area contributed by atoms with E-state index in [0.29, 0.717) is 23.0 Å². The van der Waals surface area contributed by atoms with Gasteiger partial charge in [0.25, 0.3) is 5.89 Å². The molecule has 0 saturated heterocycles. The van der Waals surface area contributed by atoms with Gasteiger partial charge in [-0.15, -0.1) is 0 Å². The molecule has 0 fully saturated rings. The van der Waals surface area contributed by atoms with Gasteiger partial charge >= 0.3 is 0 Å². The molecule has 100 valence electrons. The number of nitrogens with two attached hydrogens (primary N) is 1. The van der Waals surface area contributed by atoms with Crippen LogP contribution in [0.4, 0.5) is 5.69 Å². The summed E-state index contributed by atoms with van der Waals surface area (Å²) in [5.74, 6) is 0.854. The van der Waals surface area contributed by atoms with Crippen molar-refractivity contribution in [3.8, 4) is 23.0 Å². The summed E-state index contributed by atoms with van der Waals surface area (Å²) in [7, 11) is 0. The van der Waals surface area contributed by atoms with Gasteiger partial charge in [0.05, 0.1) is 11.3 Å². The van der Waals surface area contributed by atoms with Gasteiger partial charge in [0.1, 0.15) is 5.69 Å². The second-order valence-electron chi connectivity index (χ2n) is 4.29. The number of anilines is 1. The third kappa shape index (κ3) is 2.23. The minimum Gasteiger partial charge on any atom is -0.397 e. The molecular formula is C14H13N5O. The Kier molecular flexibility index (Phi) is 3.12. The summed E-state index contributed by atoms with van der Waals surface area (Å²) in [5, 5.41) is 3.98. The van der Waals surface area contributed by atoms with Crippen molar-refractivity contribution in [3.63, 3.8) is 0 Å². The molecule has 3 rings (SSSR count). The van der Waals surface area contributed by atoms with E-state index in [1.807, 2.05) is 12.1 Å². The summed E-state index contributed by atoms with van der Waals surface area (Å²) in [4.78, 5) is 12.7. The first-order chi connectivity index (χ1) is 9.78. The lowest BCUT2D eigenvalue weighted by molar-refractivity contribution is 0.432. The number of aromatic nitrogens is 4. The average molecular weight is 267 g/mol. The molecular weight excluding hydrogens is 254 g/mol. The van der Waals surface area contributed by atoms with Crippen LogP contribution in [0.3, 0.4) is 0 Å². The number of aryl methyl sites for hydroxylation is 1. The van der Waals surface area contributed by atoms with Crippen molar-refractivity contribution < 1.29 is 4.52 Å². The molecule has 0 spiro atoms. The van der Waals surface area contributed by atoms with E-state index in [4.69, 9.17) is 10.3 Å². The number of pyridine rings is 2. The number of rotatable bonds is 3. The molecule has 20 heavy (non-hydrogen) atoms. The van der Waals surface area contributed by atoms with E-state index in [1.54, 1.807) is 24.7 Å². The molecule has 6 heteroatoms. The molecule has 0 atom stereocenters. The molecule has 0 radical (unpaired) electrons. The van der Waals surface area contributed by atoms with Crippen molar-refractivity contribution in [1.29, 1.82) is 0 Å². The highest BCUT2D eigenvalue weighted by Crippen LogP contribution is 2.23. The van der Waals surface area contributed by atoms with Crippen LogP contribution >= 0.6 is 0 Å². The molecule has 0 unspecified atom stereocenters. The fourth-order valence-corrected chi connectivity index (χ4v) is 1.94. The van der Waals surface area contributed by atoms with E-state index in [9.17, 15) is 0 Å². The summed E-state index contributed by atoms with van der Waals surface area (Å²) >= 11 is 0. The van der Waals surface area contributed by atoms with Gasteiger partial charge in [-0.3, -0.25) is 9.97 Å². The molecule has 3 aromatic rings. The van der Waals surface area contributed by atoms with Gasteiger partial charge in [0, 0.05) is 18.6 Å². The predicted molar refractivity (Wildman–Crippen MR) is 74.6 cm³/mol. The lowest BCUT2D eigenvalue weighted by Gasteiger charge is -2.00. The molecule has 0 saturated carbocycles. The van der Waals surface area contributed by atoms with Gasteiger partial charge in [-0.25, -0.2) is 0 Å².